The van der Waals surface area contributed by atoms with Crippen LogP contribution < -0.4 is 0 Å². The van der Waals surface area contributed by atoms with Gasteiger partial charge in [0.05, 0.1) is 12.5 Å². The maximum Gasteiger partial charge on any atom is 0.319 e. The van der Waals surface area contributed by atoms with Gasteiger partial charge in [0.1, 0.15) is 0 Å². The normalized spacial score (nSPS) is 19.9. The predicted octanol–water partition coefficient (Wildman–Crippen LogP) is 1.33. The Hall–Kier alpha value is -1.26. The Morgan fingerprint density at radius 2 is 2.12 bits per heavy atom. The first-order chi connectivity index (χ1) is 8.10. The zero-order valence-electron chi connectivity index (χ0n) is 10.9. The number of urea groups is 1. The van der Waals surface area contributed by atoms with E-state index < -0.39 is 0 Å². The molecule has 0 spiro atoms. The van der Waals surface area contributed by atoms with Crippen molar-refractivity contribution in [2.45, 2.75) is 26.7 Å². The second-order valence-corrected chi connectivity index (χ2v) is 4.33. The van der Waals surface area contributed by atoms with E-state index in [1.165, 1.54) is 0 Å². The molecule has 1 fully saturated rings. The first-order valence-electron chi connectivity index (χ1n) is 6.26. The van der Waals surface area contributed by atoms with Crippen LogP contribution in [0.3, 0.4) is 0 Å². The highest BCUT2D eigenvalue weighted by Gasteiger charge is 2.30. The van der Waals surface area contributed by atoms with Crippen LogP contribution in [0.25, 0.3) is 0 Å². The number of ether oxygens (including phenoxy) is 1. The zero-order valence-corrected chi connectivity index (χ0v) is 10.9. The number of hydrogen-bond donors (Lipinski definition) is 0. The minimum absolute atomic E-state index is 0.00139. The highest BCUT2D eigenvalue weighted by atomic mass is 16.5. The van der Waals surface area contributed by atoms with Crippen LogP contribution in [0.5, 0.6) is 0 Å². The summed E-state index contributed by atoms with van der Waals surface area (Å²) < 4.78 is 5.01. The van der Waals surface area contributed by atoms with Gasteiger partial charge >= 0.3 is 12.0 Å². The molecule has 1 rings (SSSR count). The molecule has 0 aromatic carbocycles. The zero-order chi connectivity index (χ0) is 12.8. The lowest BCUT2D eigenvalue weighted by atomic mass is 9.98. The minimum atomic E-state index is -0.177. The summed E-state index contributed by atoms with van der Waals surface area (Å²) in [5.74, 6) is -0.331. The first kappa shape index (κ1) is 13.8. The highest BCUT2D eigenvalue weighted by Crippen LogP contribution is 2.18. The number of esters is 1. The number of carbonyl (C=O) groups excluding carboxylic acids is 2. The second kappa shape index (κ2) is 6.47. The molecular formula is C12H22N2O3. The largest absolute Gasteiger partial charge is 0.466 e. The first-order valence-corrected chi connectivity index (χ1v) is 6.26. The molecule has 0 unspecified atom stereocenters. The van der Waals surface area contributed by atoms with Gasteiger partial charge in [-0.25, -0.2) is 4.79 Å². The minimum Gasteiger partial charge on any atom is -0.466 e. The third-order valence-corrected chi connectivity index (χ3v) is 3.11. The molecule has 0 aliphatic carbocycles. The van der Waals surface area contributed by atoms with Crippen molar-refractivity contribution in [3.05, 3.63) is 0 Å². The topological polar surface area (TPSA) is 49.9 Å². The maximum atomic E-state index is 12.0. The molecule has 5 nitrogen and oxygen atoms in total. The summed E-state index contributed by atoms with van der Waals surface area (Å²) in [7, 11) is 1.77. The average Bonchev–Trinajstić information content (AvgIpc) is 2.37. The Morgan fingerprint density at radius 3 is 2.71 bits per heavy atom. The summed E-state index contributed by atoms with van der Waals surface area (Å²) in [6.45, 7) is 6.04. The molecule has 0 bridgehead atoms. The fourth-order valence-corrected chi connectivity index (χ4v) is 1.98. The summed E-state index contributed by atoms with van der Waals surface area (Å²) in [6.07, 6.45) is 1.69. The van der Waals surface area contributed by atoms with E-state index in [0.717, 1.165) is 19.4 Å². The Balaban J connectivity index is 2.54. The van der Waals surface area contributed by atoms with Crippen molar-refractivity contribution >= 4 is 12.0 Å². The van der Waals surface area contributed by atoms with E-state index in [0.29, 0.717) is 19.7 Å². The van der Waals surface area contributed by atoms with E-state index in [9.17, 15) is 9.59 Å². The predicted molar refractivity (Wildman–Crippen MR) is 64.6 cm³/mol. The summed E-state index contributed by atoms with van der Waals surface area (Å²) >= 11 is 0. The smallest absolute Gasteiger partial charge is 0.319 e. The molecule has 98 valence electrons. The number of nitrogens with zero attached hydrogens (tertiary/aromatic N) is 2. The molecule has 0 aromatic heterocycles. The van der Waals surface area contributed by atoms with Crippen molar-refractivity contribution in [1.29, 1.82) is 0 Å². The van der Waals surface area contributed by atoms with Crippen LogP contribution in [0.2, 0.25) is 0 Å². The van der Waals surface area contributed by atoms with Crippen molar-refractivity contribution in [3.8, 4) is 0 Å². The van der Waals surface area contributed by atoms with Crippen molar-refractivity contribution in [2.24, 2.45) is 5.92 Å². The molecule has 1 saturated heterocycles. The number of likely N-dealkylation sites (tertiary alicyclic amines) is 1. The standard InChI is InChI=1S/C12H22N2O3/c1-4-13(3)12(16)14-8-6-7-10(9-14)11(15)17-5-2/h10H,4-9H2,1-3H3/t10-/m0/s1. The van der Waals surface area contributed by atoms with Crippen LogP contribution in [0.15, 0.2) is 0 Å². The quantitative estimate of drug-likeness (QED) is 0.702. The lowest BCUT2D eigenvalue weighted by Gasteiger charge is -2.34. The number of piperidine rings is 1. The average molecular weight is 242 g/mol. The highest BCUT2D eigenvalue weighted by molar-refractivity contribution is 5.77. The van der Waals surface area contributed by atoms with E-state index in [-0.39, 0.29) is 17.9 Å². The molecule has 0 saturated carbocycles. The second-order valence-electron chi connectivity index (χ2n) is 4.33. The van der Waals surface area contributed by atoms with Crippen molar-refractivity contribution in [1.82, 2.24) is 9.80 Å². The van der Waals surface area contributed by atoms with Crippen LogP contribution in [0.4, 0.5) is 4.79 Å². The maximum absolute atomic E-state index is 12.0. The lowest BCUT2D eigenvalue weighted by Crippen LogP contribution is -2.47. The van der Waals surface area contributed by atoms with Gasteiger partial charge < -0.3 is 14.5 Å². The molecule has 0 aromatic rings. The molecule has 1 aliphatic heterocycles. The number of rotatable bonds is 3. The Bertz CT molecular complexity index is 281. The van der Waals surface area contributed by atoms with Gasteiger partial charge in [-0.3, -0.25) is 4.79 Å². The lowest BCUT2D eigenvalue weighted by molar-refractivity contribution is -0.149. The molecular weight excluding hydrogens is 220 g/mol. The van der Waals surface area contributed by atoms with Gasteiger partial charge in [0.2, 0.25) is 0 Å². The van der Waals surface area contributed by atoms with Crippen LogP contribution >= 0.6 is 0 Å². The van der Waals surface area contributed by atoms with Crippen LogP contribution in [0, 0.1) is 5.92 Å². The molecule has 1 atom stereocenters. The van der Waals surface area contributed by atoms with E-state index >= 15 is 0 Å². The number of carbonyl (C=O) groups is 2. The molecule has 2 amide bonds. The van der Waals surface area contributed by atoms with Gasteiger partial charge in [0.15, 0.2) is 0 Å². The van der Waals surface area contributed by atoms with Crippen molar-refractivity contribution in [3.63, 3.8) is 0 Å². The van der Waals surface area contributed by atoms with Crippen LogP contribution in [0.1, 0.15) is 26.7 Å². The Kier molecular flexibility index (Phi) is 5.25. The molecule has 0 radical (unpaired) electrons. The summed E-state index contributed by atoms with van der Waals surface area (Å²) in [5, 5.41) is 0. The van der Waals surface area contributed by atoms with Gasteiger partial charge in [0, 0.05) is 26.7 Å². The molecule has 17 heavy (non-hydrogen) atoms. The number of amides is 2. The van der Waals surface area contributed by atoms with E-state index in [4.69, 9.17) is 4.74 Å². The SMILES string of the molecule is CCOC(=O)[C@H]1CCCN(C(=O)N(C)CC)C1. The van der Waals surface area contributed by atoms with E-state index in [2.05, 4.69) is 0 Å². The molecule has 5 heteroatoms. The monoisotopic (exact) mass is 242 g/mol. The third kappa shape index (κ3) is 3.61. The molecule has 0 N–H and O–H groups in total. The van der Waals surface area contributed by atoms with Crippen molar-refractivity contribution < 1.29 is 14.3 Å². The van der Waals surface area contributed by atoms with Gasteiger partial charge in [0.25, 0.3) is 0 Å². The molecule has 1 heterocycles. The number of hydrogen-bond acceptors (Lipinski definition) is 3. The Morgan fingerprint density at radius 1 is 1.41 bits per heavy atom. The van der Waals surface area contributed by atoms with Gasteiger partial charge in [-0.1, -0.05) is 0 Å². The van der Waals surface area contributed by atoms with E-state index in [1.807, 2.05) is 6.92 Å². The third-order valence-electron chi connectivity index (χ3n) is 3.11. The summed E-state index contributed by atoms with van der Waals surface area (Å²) in [5.41, 5.74) is 0. The van der Waals surface area contributed by atoms with Gasteiger partial charge in [-0.05, 0) is 26.7 Å². The summed E-state index contributed by atoms with van der Waals surface area (Å²) in [4.78, 5) is 27.0. The van der Waals surface area contributed by atoms with Gasteiger partial charge in [-0.2, -0.15) is 0 Å². The fraction of sp³-hybridized carbons (Fsp3) is 0.833. The van der Waals surface area contributed by atoms with Crippen LogP contribution in [-0.4, -0.2) is 55.1 Å². The van der Waals surface area contributed by atoms with Crippen molar-refractivity contribution in [2.75, 3.05) is 33.3 Å². The molecule has 1 aliphatic rings. The fourth-order valence-electron chi connectivity index (χ4n) is 1.98. The summed E-state index contributed by atoms with van der Waals surface area (Å²) in [6, 6.07) is 0.00139. The van der Waals surface area contributed by atoms with E-state index in [1.54, 1.807) is 23.8 Å². The Labute approximate surface area is 103 Å². The van der Waals surface area contributed by atoms with Crippen LogP contribution in [-0.2, 0) is 9.53 Å². The van der Waals surface area contributed by atoms with Gasteiger partial charge in [-0.15, -0.1) is 0 Å².